The SMILES string of the molecule is c1ccc([SiH2]c2ccc3c(-c4ccc5ccccc5c4)c4ccccc4c(-c4cccc(-c5ccccc5)c4)c3c2)cc1.c1ccc([SiH2]c2ccc3c(-c4cccc(-c5ccccc5)c4)c4ccccc4c(-c4cc5ccccc5c5ccccc45)c3c2)cc1.c1ccc([SiH2]c2ccc3c(-c4cccc5ccccc45)c4ccccc4c(-c4cccc(-c5ccccc5)c4)c3c2)cc1. The summed E-state index contributed by atoms with van der Waals surface area (Å²) in [7, 11) is -1.91. The van der Waals surface area contributed by atoms with Gasteiger partial charge in [0.05, 0.1) is 28.6 Å². The molecular weight excluding hydrogens is 1650 g/mol. The van der Waals surface area contributed by atoms with Gasteiger partial charge in [0.25, 0.3) is 0 Å². The standard InChI is InChI=1S/C46H32Si.2C42H30Si/c1-3-14-31(15-4-1)32-17-13-18-34(28-32)45-40-24-11-12-25-41(40)46(44-30-36(26-27-42(44)45)47-35-19-5-2-6-20-35)43-29-33-16-7-8-21-37(33)38-22-9-10-23-39(38)43;1-3-13-29(14-4-1)31-17-11-18-32(27-31)41-37-22-9-10-23-38(37)42(36-24-12-16-30-15-7-8-21-35(30)36)39-26-25-34(28-40(39)41)43-33-19-5-2-6-20-33;1-3-12-29(13-4-1)32-16-11-17-33(26-32)42-38-21-10-9-20-37(38)41(34-23-22-30-14-7-8-15-31(30)27-34)39-25-24-36(28-40(39)42)43-35-18-5-2-6-19-35/h1-30H,47H2;2*1-28H,43H2. The summed E-state index contributed by atoms with van der Waals surface area (Å²) in [4.78, 5) is 0. The zero-order valence-electron chi connectivity index (χ0n) is 73.8. The van der Waals surface area contributed by atoms with Gasteiger partial charge < -0.3 is 0 Å². The monoisotopic (exact) mass is 1740 g/mol. The smallest absolute Gasteiger partial charge is 0.0633 e. The first-order valence-electron chi connectivity index (χ1n) is 46.4. The second-order valence-corrected chi connectivity index (χ2v) is 41.1. The van der Waals surface area contributed by atoms with Crippen molar-refractivity contribution < 1.29 is 0 Å². The first-order valence-corrected chi connectivity index (χ1v) is 50.6. The highest BCUT2D eigenvalue weighted by Crippen LogP contribution is 2.51. The van der Waals surface area contributed by atoms with E-state index in [1.54, 1.807) is 0 Å². The van der Waals surface area contributed by atoms with E-state index in [4.69, 9.17) is 0 Å². The summed E-state index contributed by atoms with van der Waals surface area (Å²) in [6.07, 6.45) is 0. The Labute approximate surface area is 783 Å². The van der Waals surface area contributed by atoms with Crippen molar-refractivity contribution >= 4 is 167 Å². The van der Waals surface area contributed by atoms with Gasteiger partial charge in [-0.2, -0.15) is 0 Å². The van der Waals surface area contributed by atoms with E-state index in [0.29, 0.717) is 0 Å². The van der Waals surface area contributed by atoms with Crippen molar-refractivity contribution in [2.45, 2.75) is 0 Å². The molecule has 0 atom stereocenters. The van der Waals surface area contributed by atoms with Gasteiger partial charge in [-0.15, -0.1) is 0 Å². The van der Waals surface area contributed by atoms with Crippen LogP contribution in [0.3, 0.4) is 0 Å². The predicted octanol–water partition coefficient (Wildman–Crippen LogP) is 29.0. The molecule has 0 aliphatic carbocycles. The summed E-state index contributed by atoms with van der Waals surface area (Å²) >= 11 is 0. The van der Waals surface area contributed by atoms with Gasteiger partial charge in [-0.3, -0.25) is 0 Å². The van der Waals surface area contributed by atoms with E-state index in [2.05, 4.69) is 522 Å². The molecule has 25 aromatic carbocycles. The number of hydrogen-bond donors (Lipinski definition) is 0. The van der Waals surface area contributed by atoms with Gasteiger partial charge in [-0.1, -0.05) is 522 Å². The van der Waals surface area contributed by atoms with Crippen molar-refractivity contribution in [1.29, 1.82) is 0 Å². The Morgan fingerprint density at radius 1 is 0.0977 bits per heavy atom. The lowest BCUT2D eigenvalue weighted by Gasteiger charge is -2.20. The molecule has 0 saturated heterocycles. The summed E-state index contributed by atoms with van der Waals surface area (Å²) in [5.74, 6) is 0. The van der Waals surface area contributed by atoms with E-state index in [-0.39, 0.29) is 0 Å². The van der Waals surface area contributed by atoms with E-state index in [1.165, 1.54) is 239 Å². The van der Waals surface area contributed by atoms with Gasteiger partial charge in [0, 0.05) is 0 Å². The molecule has 0 radical (unpaired) electrons. The maximum atomic E-state index is 2.52. The number of rotatable bonds is 15. The fourth-order valence-electron chi connectivity index (χ4n) is 20.8. The van der Waals surface area contributed by atoms with Crippen molar-refractivity contribution in [2.24, 2.45) is 0 Å². The Hall–Kier alpha value is -16.2. The molecule has 0 nitrogen and oxygen atoms in total. The molecule has 25 rings (SSSR count). The zero-order chi connectivity index (χ0) is 88.3. The molecule has 0 spiro atoms. The van der Waals surface area contributed by atoms with Crippen molar-refractivity contribution in [3.05, 3.63) is 522 Å². The second-order valence-electron chi connectivity index (χ2n) is 35.1. The summed E-state index contributed by atoms with van der Waals surface area (Å²) in [6.45, 7) is 0. The van der Waals surface area contributed by atoms with Crippen molar-refractivity contribution in [3.63, 3.8) is 0 Å². The predicted molar refractivity (Wildman–Crippen MR) is 586 cm³/mol. The third-order valence-corrected chi connectivity index (χ3v) is 32.1. The lowest BCUT2D eigenvalue weighted by atomic mass is 9.83. The topological polar surface area (TPSA) is 0 Å². The van der Waals surface area contributed by atoms with Crippen LogP contribution in [0.25, 0.3) is 208 Å². The Morgan fingerprint density at radius 2 is 0.368 bits per heavy atom. The highest BCUT2D eigenvalue weighted by molar-refractivity contribution is 6.69. The van der Waals surface area contributed by atoms with Crippen LogP contribution in [-0.2, 0) is 0 Å². The van der Waals surface area contributed by atoms with Crippen molar-refractivity contribution in [2.75, 3.05) is 0 Å². The van der Waals surface area contributed by atoms with E-state index in [1.807, 2.05) is 0 Å². The van der Waals surface area contributed by atoms with Crippen LogP contribution in [0.1, 0.15) is 0 Å². The lowest BCUT2D eigenvalue weighted by molar-refractivity contribution is 1.61. The highest BCUT2D eigenvalue weighted by Gasteiger charge is 2.25. The Morgan fingerprint density at radius 3 is 0.797 bits per heavy atom. The lowest BCUT2D eigenvalue weighted by Crippen LogP contribution is -2.26. The van der Waals surface area contributed by atoms with Crippen LogP contribution in [0.5, 0.6) is 0 Å². The fourth-order valence-corrected chi connectivity index (χ4v) is 25.4. The summed E-state index contributed by atoms with van der Waals surface area (Å²) in [6, 6.07) is 193. The fraction of sp³-hybridized carbons (Fsp3) is 0. The molecular formula is C130H92Si3. The van der Waals surface area contributed by atoms with Gasteiger partial charge in [0.15, 0.2) is 0 Å². The molecule has 0 heterocycles. The first kappa shape index (κ1) is 81.3. The van der Waals surface area contributed by atoms with Gasteiger partial charge in [-0.25, -0.2) is 0 Å². The van der Waals surface area contributed by atoms with Crippen LogP contribution in [0.15, 0.2) is 522 Å². The molecule has 0 aliphatic heterocycles. The molecule has 0 aliphatic rings. The molecule has 0 saturated carbocycles. The minimum absolute atomic E-state index is 0.622. The number of fused-ring (bicyclic) bond motifs is 11. The molecule has 25 aromatic rings. The van der Waals surface area contributed by atoms with E-state index >= 15 is 0 Å². The van der Waals surface area contributed by atoms with Crippen LogP contribution >= 0.6 is 0 Å². The summed E-state index contributed by atoms with van der Waals surface area (Å²) in [5, 5.41) is 34.6. The highest BCUT2D eigenvalue weighted by atomic mass is 28.2. The van der Waals surface area contributed by atoms with Gasteiger partial charge in [0.1, 0.15) is 0 Å². The molecule has 0 fully saturated rings. The van der Waals surface area contributed by atoms with E-state index < -0.39 is 28.6 Å². The van der Waals surface area contributed by atoms with Crippen molar-refractivity contribution in [3.8, 4) is 100 Å². The largest absolute Gasteiger partial charge is 0.0875 e. The Bertz CT molecular complexity index is 8680. The normalized spacial score (nSPS) is 11.7. The second kappa shape index (κ2) is 36.4. The van der Waals surface area contributed by atoms with Crippen molar-refractivity contribution in [1.82, 2.24) is 0 Å². The summed E-state index contributed by atoms with van der Waals surface area (Å²) < 4.78 is 0. The number of hydrogen-bond acceptors (Lipinski definition) is 0. The minimum Gasteiger partial charge on any atom is -0.0633 e. The van der Waals surface area contributed by atoms with Crippen LogP contribution in [0, 0.1) is 0 Å². The Kier molecular flexibility index (Phi) is 22.2. The van der Waals surface area contributed by atoms with Gasteiger partial charge in [0.2, 0.25) is 0 Å². The molecule has 0 unspecified atom stereocenters. The molecule has 0 aromatic heterocycles. The number of benzene rings is 25. The van der Waals surface area contributed by atoms with E-state index in [9.17, 15) is 0 Å². The molecule has 0 bridgehead atoms. The van der Waals surface area contributed by atoms with Crippen LogP contribution < -0.4 is 31.1 Å². The van der Waals surface area contributed by atoms with Crippen LogP contribution in [0.4, 0.5) is 0 Å². The van der Waals surface area contributed by atoms with Crippen LogP contribution in [0.2, 0.25) is 0 Å². The van der Waals surface area contributed by atoms with Gasteiger partial charge in [-0.05, 0) is 238 Å². The molecule has 0 N–H and O–H groups in total. The average molecular weight is 1740 g/mol. The quantitative estimate of drug-likeness (QED) is 0.0545. The molecule has 624 valence electrons. The Balaban J connectivity index is 0.000000113. The zero-order valence-corrected chi connectivity index (χ0v) is 78.0. The maximum absolute atomic E-state index is 2.52. The van der Waals surface area contributed by atoms with Crippen LogP contribution in [-0.4, -0.2) is 28.6 Å². The minimum atomic E-state index is -0.661. The molecule has 3 heteroatoms. The molecule has 133 heavy (non-hydrogen) atoms. The third kappa shape index (κ3) is 16.1. The van der Waals surface area contributed by atoms with E-state index in [0.717, 1.165) is 0 Å². The third-order valence-electron chi connectivity index (χ3n) is 26.9. The molecule has 0 amide bonds. The first-order chi connectivity index (χ1) is 66.0. The average Bonchev–Trinajstić information content (AvgIpc) is 0.793. The summed E-state index contributed by atoms with van der Waals surface area (Å²) in [5.41, 5.74) is 22.9. The maximum Gasteiger partial charge on any atom is 0.0875 e. The van der Waals surface area contributed by atoms with Gasteiger partial charge >= 0.3 is 0 Å².